The summed E-state index contributed by atoms with van der Waals surface area (Å²) < 4.78 is 18.5. The smallest absolute Gasteiger partial charge is 0.126 e. The molecule has 1 N–H and O–H groups in total. The number of hydrogen-bond donors (Lipinski definition) is 1. The minimum Gasteiger partial charge on any atom is -0.489 e. The van der Waals surface area contributed by atoms with E-state index in [1.807, 2.05) is 13.8 Å². The molecular weight excluding hydrogens is 205 g/mol. The summed E-state index contributed by atoms with van der Waals surface area (Å²) in [5.74, 6) is 0.301. The lowest BCUT2D eigenvalue weighted by Gasteiger charge is -2.11. The third-order valence-corrected chi connectivity index (χ3v) is 2.21. The zero-order valence-corrected chi connectivity index (χ0v) is 9.85. The summed E-state index contributed by atoms with van der Waals surface area (Å²) in [5, 5.41) is 3.16. The van der Waals surface area contributed by atoms with Crippen molar-refractivity contribution in [3.8, 4) is 5.75 Å². The maximum absolute atomic E-state index is 13.0. The van der Waals surface area contributed by atoms with Gasteiger partial charge in [0.1, 0.15) is 18.2 Å². The van der Waals surface area contributed by atoms with Gasteiger partial charge in [-0.05, 0) is 30.7 Å². The van der Waals surface area contributed by atoms with Crippen molar-refractivity contribution in [2.75, 3.05) is 19.7 Å². The van der Waals surface area contributed by atoms with E-state index >= 15 is 0 Å². The highest BCUT2D eigenvalue weighted by atomic mass is 19.1. The van der Waals surface area contributed by atoms with Crippen molar-refractivity contribution in [3.63, 3.8) is 0 Å². The van der Waals surface area contributed by atoms with Gasteiger partial charge in [0, 0.05) is 12.6 Å². The van der Waals surface area contributed by atoms with E-state index in [4.69, 9.17) is 4.74 Å². The molecular formula is C13H18FNO. The van der Waals surface area contributed by atoms with Crippen molar-refractivity contribution in [3.05, 3.63) is 41.7 Å². The van der Waals surface area contributed by atoms with E-state index in [2.05, 4.69) is 11.9 Å². The van der Waals surface area contributed by atoms with Crippen LogP contribution in [-0.4, -0.2) is 19.7 Å². The topological polar surface area (TPSA) is 21.3 Å². The second-order valence-corrected chi connectivity index (χ2v) is 3.73. The Labute approximate surface area is 96.1 Å². The Bertz CT molecular complexity index is 363. The SMILES string of the molecule is C=C(CNCC)COc1cc(F)ccc1C. The van der Waals surface area contributed by atoms with E-state index in [1.54, 1.807) is 6.07 Å². The molecule has 3 heteroatoms. The van der Waals surface area contributed by atoms with E-state index in [1.165, 1.54) is 12.1 Å². The summed E-state index contributed by atoms with van der Waals surface area (Å²) in [7, 11) is 0. The fourth-order valence-electron chi connectivity index (χ4n) is 1.26. The van der Waals surface area contributed by atoms with Crippen LogP contribution in [-0.2, 0) is 0 Å². The lowest BCUT2D eigenvalue weighted by atomic mass is 10.2. The van der Waals surface area contributed by atoms with Crippen molar-refractivity contribution in [1.29, 1.82) is 0 Å². The van der Waals surface area contributed by atoms with Gasteiger partial charge < -0.3 is 10.1 Å². The number of benzene rings is 1. The molecule has 0 bridgehead atoms. The third-order valence-electron chi connectivity index (χ3n) is 2.21. The number of ether oxygens (including phenoxy) is 1. The molecule has 0 radical (unpaired) electrons. The van der Waals surface area contributed by atoms with Gasteiger partial charge in [-0.25, -0.2) is 4.39 Å². The molecule has 0 aliphatic rings. The molecule has 0 aliphatic carbocycles. The molecule has 0 atom stereocenters. The van der Waals surface area contributed by atoms with Crippen molar-refractivity contribution < 1.29 is 9.13 Å². The molecule has 1 aromatic carbocycles. The average molecular weight is 223 g/mol. The van der Waals surface area contributed by atoms with E-state index in [-0.39, 0.29) is 5.82 Å². The third kappa shape index (κ3) is 4.03. The molecule has 0 spiro atoms. The molecule has 0 fully saturated rings. The Morgan fingerprint density at radius 3 is 2.94 bits per heavy atom. The molecule has 0 aliphatic heterocycles. The lowest BCUT2D eigenvalue weighted by molar-refractivity contribution is 0.344. The number of aryl methyl sites for hydroxylation is 1. The van der Waals surface area contributed by atoms with Gasteiger partial charge in [-0.2, -0.15) is 0 Å². The van der Waals surface area contributed by atoms with Crippen LogP contribution in [0.5, 0.6) is 5.75 Å². The van der Waals surface area contributed by atoms with Crippen LogP contribution >= 0.6 is 0 Å². The average Bonchev–Trinajstić information content (AvgIpc) is 2.27. The van der Waals surface area contributed by atoms with Gasteiger partial charge in [0.2, 0.25) is 0 Å². The van der Waals surface area contributed by atoms with Crippen LogP contribution in [0.2, 0.25) is 0 Å². The number of nitrogens with one attached hydrogen (secondary N) is 1. The molecule has 88 valence electrons. The Hall–Kier alpha value is -1.35. The van der Waals surface area contributed by atoms with Crippen LogP contribution in [0.3, 0.4) is 0 Å². The first kappa shape index (κ1) is 12.7. The van der Waals surface area contributed by atoms with Gasteiger partial charge in [-0.1, -0.05) is 19.6 Å². The molecule has 0 aromatic heterocycles. The van der Waals surface area contributed by atoms with Gasteiger partial charge in [-0.15, -0.1) is 0 Å². The zero-order chi connectivity index (χ0) is 12.0. The summed E-state index contributed by atoms with van der Waals surface area (Å²) in [6.45, 7) is 9.84. The fraction of sp³-hybridized carbons (Fsp3) is 0.385. The summed E-state index contributed by atoms with van der Waals surface area (Å²) in [5.41, 5.74) is 1.88. The predicted molar refractivity (Wildman–Crippen MR) is 64.3 cm³/mol. The normalized spacial score (nSPS) is 10.2. The van der Waals surface area contributed by atoms with E-state index in [0.29, 0.717) is 12.4 Å². The summed E-state index contributed by atoms with van der Waals surface area (Å²) in [4.78, 5) is 0. The summed E-state index contributed by atoms with van der Waals surface area (Å²) >= 11 is 0. The van der Waals surface area contributed by atoms with Gasteiger partial charge in [0.05, 0.1) is 0 Å². The van der Waals surface area contributed by atoms with Gasteiger partial charge >= 0.3 is 0 Å². The fourth-order valence-corrected chi connectivity index (χ4v) is 1.26. The molecule has 0 heterocycles. The lowest BCUT2D eigenvalue weighted by Crippen LogP contribution is -2.19. The van der Waals surface area contributed by atoms with Gasteiger partial charge in [-0.3, -0.25) is 0 Å². The van der Waals surface area contributed by atoms with Gasteiger partial charge in [0.15, 0.2) is 0 Å². The monoisotopic (exact) mass is 223 g/mol. The molecule has 0 unspecified atom stereocenters. The molecule has 0 saturated carbocycles. The Morgan fingerprint density at radius 1 is 1.50 bits per heavy atom. The molecule has 1 aromatic rings. The second-order valence-electron chi connectivity index (χ2n) is 3.73. The van der Waals surface area contributed by atoms with Crippen LogP contribution in [0, 0.1) is 12.7 Å². The number of rotatable bonds is 6. The van der Waals surface area contributed by atoms with Crippen molar-refractivity contribution in [1.82, 2.24) is 5.32 Å². The predicted octanol–water partition coefficient (Wildman–Crippen LogP) is 2.68. The molecule has 16 heavy (non-hydrogen) atoms. The van der Waals surface area contributed by atoms with E-state index in [0.717, 1.165) is 24.2 Å². The first-order valence-electron chi connectivity index (χ1n) is 5.39. The highest BCUT2D eigenvalue weighted by Crippen LogP contribution is 2.18. The number of halogens is 1. The Kier molecular flexibility index (Phi) is 4.99. The maximum atomic E-state index is 13.0. The molecule has 1 rings (SSSR count). The van der Waals surface area contributed by atoms with Gasteiger partial charge in [0.25, 0.3) is 0 Å². The number of likely N-dealkylation sites (N-methyl/N-ethyl adjacent to an activating group) is 1. The summed E-state index contributed by atoms with van der Waals surface area (Å²) in [6, 6.07) is 4.53. The minimum atomic E-state index is -0.280. The van der Waals surface area contributed by atoms with Crippen molar-refractivity contribution in [2.24, 2.45) is 0 Å². The molecule has 0 amide bonds. The van der Waals surface area contributed by atoms with Crippen LogP contribution in [0.1, 0.15) is 12.5 Å². The molecule has 0 saturated heterocycles. The van der Waals surface area contributed by atoms with Crippen LogP contribution in [0.4, 0.5) is 4.39 Å². The van der Waals surface area contributed by atoms with Crippen LogP contribution in [0.15, 0.2) is 30.4 Å². The standard InChI is InChI=1S/C13H18FNO/c1-4-15-8-10(2)9-16-13-7-12(14)6-5-11(13)3/h5-7,15H,2,4,8-9H2,1,3H3. The number of hydrogen-bond acceptors (Lipinski definition) is 2. The zero-order valence-electron chi connectivity index (χ0n) is 9.85. The van der Waals surface area contributed by atoms with E-state index < -0.39 is 0 Å². The Balaban J connectivity index is 2.47. The largest absolute Gasteiger partial charge is 0.489 e. The van der Waals surface area contributed by atoms with Crippen molar-refractivity contribution in [2.45, 2.75) is 13.8 Å². The van der Waals surface area contributed by atoms with E-state index in [9.17, 15) is 4.39 Å². The highest BCUT2D eigenvalue weighted by molar-refractivity contribution is 5.32. The quantitative estimate of drug-likeness (QED) is 0.749. The van der Waals surface area contributed by atoms with Crippen LogP contribution in [0.25, 0.3) is 0 Å². The first-order chi connectivity index (χ1) is 7.63. The maximum Gasteiger partial charge on any atom is 0.126 e. The first-order valence-corrected chi connectivity index (χ1v) is 5.39. The van der Waals surface area contributed by atoms with Crippen LogP contribution < -0.4 is 10.1 Å². The minimum absolute atomic E-state index is 0.280. The molecule has 2 nitrogen and oxygen atoms in total. The highest BCUT2D eigenvalue weighted by Gasteiger charge is 2.02. The second kappa shape index (κ2) is 6.28. The van der Waals surface area contributed by atoms with Crippen molar-refractivity contribution >= 4 is 0 Å². The summed E-state index contributed by atoms with van der Waals surface area (Å²) in [6.07, 6.45) is 0. The Morgan fingerprint density at radius 2 is 2.25 bits per heavy atom.